The summed E-state index contributed by atoms with van der Waals surface area (Å²) in [6, 6.07) is 11.3. The highest BCUT2D eigenvalue weighted by Gasteiger charge is 2.35. The first-order valence-electron chi connectivity index (χ1n) is 11.8. The van der Waals surface area contributed by atoms with Gasteiger partial charge in [-0.3, -0.25) is 9.78 Å². The zero-order valence-electron chi connectivity index (χ0n) is 19.3. The van der Waals surface area contributed by atoms with Gasteiger partial charge in [0.25, 0.3) is 0 Å². The molecule has 184 valence electrons. The van der Waals surface area contributed by atoms with E-state index in [4.69, 9.17) is 5.73 Å². The largest absolute Gasteiger partial charge is 0.419 e. The zero-order valence-corrected chi connectivity index (χ0v) is 19.3. The second kappa shape index (κ2) is 10.8. The van der Waals surface area contributed by atoms with Crippen LogP contribution in [0.1, 0.15) is 66.1 Å². The van der Waals surface area contributed by atoms with Gasteiger partial charge in [-0.1, -0.05) is 37.5 Å². The van der Waals surface area contributed by atoms with Gasteiger partial charge in [0.1, 0.15) is 0 Å². The van der Waals surface area contributed by atoms with Crippen molar-refractivity contribution in [3.05, 3.63) is 76.9 Å². The Bertz CT molecular complexity index is 1160. The summed E-state index contributed by atoms with van der Waals surface area (Å²) in [7, 11) is 0. The molecule has 1 aliphatic carbocycles. The summed E-state index contributed by atoms with van der Waals surface area (Å²) < 4.78 is 40.9. The quantitative estimate of drug-likeness (QED) is 0.442. The summed E-state index contributed by atoms with van der Waals surface area (Å²) in [6.07, 6.45) is 4.05. The third-order valence-electron chi connectivity index (χ3n) is 6.36. The smallest absolute Gasteiger partial charge is 0.369 e. The molecule has 1 saturated carbocycles. The molecular formula is C26H28F3N5O. The van der Waals surface area contributed by atoms with E-state index in [0.717, 1.165) is 6.20 Å². The van der Waals surface area contributed by atoms with Gasteiger partial charge in [-0.15, -0.1) is 0 Å². The molecule has 2 heterocycles. The summed E-state index contributed by atoms with van der Waals surface area (Å²) in [5.74, 6) is 0.132. The SMILES string of the molecule is NC(=O)Cc1cccnc1CCc1nc(Nc2ccc(C3CCCCC3)cc2)ncc1C(F)(F)F. The van der Waals surface area contributed by atoms with E-state index >= 15 is 0 Å². The van der Waals surface area contributed by atoms with Gasteiger partial charge < -0.3 is 11.1 Å². The number of carbonyl (C=O) groups is 1. The molecule has 2 aromatic heterocycles. The Morgan fingerprint density at radius 1 is 1.00 bits per heavy atom. The second-order valence-corrected chi connectivity index (χ2v) is 8.89. The van der Waals surface area contributed by atoms with Crippen LogP contribution in [-0.4, -0.2) is 20.9 Å². The molecule has 0 aliphatic heterocycles. The number of amides is 1. The van der Waals surface area contributed by atoms with Gasteiger partial charge in [-0.05, 0) is 60.9 Å². The lowest BCUT2D eigenvalue weighted by Crippen LogP contribution is -2.17. The molecular weight excluding hydrogens is 455 g/mol. The molecule has 35 heavy (non-hydrogen) atoms. The minimum absolute atomic E-state index is 0.0184. The van der Waals surface area contributed by atoms with Gasteiger partial charge in [0, 0.05) is 23.8 Å². The van der Waals surface area contributed by atoms with Crippen LogP contribution < -0.4 is 11.1 Å². The van der Waals surface area contributed by atoms with Crippen molar-refractivity contribution in [2.75, 3.05) is 5.32 Å². The lowest BCUT2D eigenvalue weighted by atomic mass is 9.84. The molecule has 9 heteroatoms. The van der Waals surface area contributed by atoms with Crippen molar-refractivity contribution in [1.82, 2.24) is 15.0 Å². The monoisotopic (exact) mass is 483 g/mol. The Labute approximate surface area is 202 Å². The van der Waals surface area contributed by atoms with Crippen molar-refractivity contribution in [3.8, 4) is 0 Å². The number of benzene rings is 1. The Morgan fingerprint density at radius 3 is 2.40 bits per heavy atom. The number of aromatic nitrogens is 3. The molecule has 0 atom stereocenters. The summed E-state index contributed by atoms with van der Waals surface area (Å²) in [4.78, 5) is 23.7. The first kappa shape index (κ1) is 24.6. The highest BCUT2D eigenvalue weighted by atomic mass is 19.4. The third kappa shape index (κ3) is 6.55. The molecule has 1 fully saturated rings. The van der Waals surface area contributed by atoms with E-state index in [1.165, 1.54) is 43.9 Å². The fraction of sp³-hybridized carbons (Fsp3) is 0.385. The van der Waals surface area contributed by atoms with Crippen LogP contribution in [0, 0.1) is 0 Å². The molecule has 4 rings (SSSR count). The highest BCUT2D eigenvalue weighted by Crippen LogP contribution is 2.34. The number of rotatable bonds is 8. The lowest BCUT2D eigenvalue weighted by Gasteiger charge is -2.22. The maximum atomic E-state index is 13.6. The molecule has 0 spiro atoms. The number of aryl methyl sites for hydroxylation is 2. The minimum Gasteiger partial charge on any atom is -0.369 e. The van der Waals surface area contributed by atoms with Crippen LogP contribution in [0.15, 0.2) is 48.8 Å². The summed E-state index contributed by atoms with van der Waals surface area (Å²) in [5, 5.41) is 3.02. The number of carbonyl (C=O) groups excluding carboxylic acids is 1. The van der Waals surface area contributed by atoms with E-state index in [1.807, 2.05) is 12.1 Å². The number of nitrogens with two attached hydrogens (primary N) is 1. The van der Waals surface area contributed by atoms with Crippen molar-refractivity contribution in [1.29, 1.82) is 0 Å². The summed E-state index contributed by atoms with van der Waals surface area (Å²) >= 11 is 0. The Hall–Kier alpha value is -3.49. The van der Waals surface area contributed by atoms with Crippen LogP contribution >= 0.6 is 0 Å². The number of hydrogen-bond donors (Lipinski definition) is 2. The van der Waals surface area contributed by atoms with Gasteiger partial charge in [-0.2, -0.15) is 13.2 Å². The second-order valence-electron chi connectivity index (χ2n) is 8.89. The van der Waals surface area contributed by atoms with E-state index in [1.54, 1.807) is 12.1 Å². The van der Waals surface area contributed by atoms with Crippen LogP contribution in [0.25, 0.3) is 0 Å². The van der Waals surface area contributed by atoms with Crippen LogP contribution in [0.5, 0.6) is 0 Å². The summed E-state index contributed by atoms with van der Waals surface area (Å²) in [5.41, 5.74) is 7.37. The number of pyridine rings is 1. The first-order chi connectivity index (χ1) is 16.8. The Morgan fingerprint density at radius 2 is 1.71 bits per heavy atom. The van der Waals surface area contributed by atoms with Crippen molar-refractivity contribution in [2.45, 2.75) is 63.5 Å². The number of alkyl halides is 3. The molecule has 3 N–H and O–H groups in total. The Balaban J connectivity index is 1.52. The zero-order chi connectivity index (χ0) is 24.8. The Kier molecular flexibility index (Phi) is 7.63. The maximum Gasteiger partial charge on any atom is 0.419 e. The number of halogens is 3. The van der Waals surface area contributed by atoms with Gasteiger partial charge in [0.15, 0.2) is 0 Å². The number of nitrogens with one attached hydrogen (secondary N) is 1. The van der Waals surface area contributed by atoms with E-state index in [9.17, 15) is 18.0 Å². The molecule has 0 saturated heterocycles. The molecule has 0 bridgehead atoms. The number of nitrogens with zero attached hydrogens (tertiary/aromatic N) is 3. The fourth-order valence-corrected chi connectivity index (χ4v) is 4.59. The van der Waals surface area contributed by atoms with Crippen molar-refractivity contribution < 1.29 is 18.0 Å². The maximum absolute atomic E-state index is 13.6. The van der Waals surface area contributed by atoms with Crippen molar-refractivity contribution in [3.63, 3.8) is 0 Å². The molecule has 0 radical (unpaired) electrons. The van der Waals surface area contributed by atoms with E-state index < -0.39 is 17.6 Å². The van der Waals surface area contributed by atoms with Crippen LogP contribution in [0.4, 0.5) is 24.8 Å². The molecule has 1 amide bonds. The molecule has 3 aromatic rings. The minimum atomic E-state index is -4.59. The fourth-order valence-electron chi connectivity index (χ4n) is 4.59. The average Bonchev–Trinajstić information content (AvgIpc) is 2.83. The van der Waals surface area contributed by atoms with E-state index in [0.29, 0.717) is 22.9 Å². The molecule has 1 aliphatic rings. The van der Waals surface area contributed by atoms with Gasteiger partial charge in [-0.25, -0.2) is 9.97 Å². The molecule has 1 aromatic carbocycles. The van der Waals surface area contributed by atoms with Gasteiger partial charge >= 0.3 is 6.18 Å². The third-order valence-corrected chi connectivity index (χ3v) is 6.36. The van der Waals surface area contributed by atoms with E-state index in [2.05, 4.69) is 32.4 Å². The van der Waals surface area contributed by atoms with Crippen LogP contribution in [-0.2, 0) is 30.2 Å². The summed E-state index contributed by atoms with van der Waals surface area (Å²) in [6.45, 7) is 0. The standard InChI is InChI=1S/C26H28F3N5O/c27-26(28,29)21-16-32-25(33-20-10-8-18(9-11-20)17-5-2-1-3-6-17)34-23(21)13-12-22-19(15-24(30)35)7-4-14-31-22/h4,7-11,14,16-17H,1-3,5-6,12-13,15H2,(H2,30,35)(H,32,33,34). The molecule has 6 nitrogen and oxygen atoms in total. The normalized spacial score (nSPS) is 14.6. The predicted molar refractivity (Wildman–Crippen MR) is 127 cm³/mol. The predicted octanol–water partition coefficient (Wildman–Crippen LogP) is 5.49. The van der Waals surface area contributed by atoms with Gasteiger partial charge in [0.05, 0.1) is 17.7 Å². The lowest BCUT2D eigenvalue weighted by molar-refractivity contribution is -0.138. The molecule has 0 unspecified atom stereocenters. The number of anilines is 2. The van der Waals surface area contributed by atoms with Gasteiger partial charge in [0.2, 0.25) is 11.9 Å². The number of hydrogen-bond acceptors (Lipinski definition) is 5. The number of primary amides is 1. The van der Waals surface area contributed by atoms with E-state index in [-0.39, 0.29) is 30.9 Å². The van der Waals surface area contributed by atoms with Crippen LogP contribution in [0.3, 0.4) is 0 Å². The first-order valence-corrected chi connectivity index (χ1v) is 11.8. The van der Waals surface area contributed by atoms with Crippen LogP contribution in [0.2, 0.25) is 0 Å². The average molecular weight is 484 g/mol. The topological polar surface area (TPSA) is 93.8 Å². The van der Waals surface area contributed by atoms with Crippen molar-refractivity contribution >= 4 is 17.5 Å². The highest BCUT2D eigenvalue weighted by molar-refractivity contribution is 5.76. The van der Waals surface area contributed by atoms with Crippen molar-refractivity contribution in [2.24, 2.45) is 5.73 Å².